The number of nitrogens with zero attached hydrogens (tertiary/aromatic N) is 2. The fourth-order valence-corrected chi connectivity index (χ4v) is 5.09. The van der Waals surface area contributed by atoms with Crippen LogP contribution in [0.5, 0.6) is 0 Å². The molecule has 1 saturated carbocycles. The third-order valence-electron chi connectivity index (χ3n) is 6.40. The number of likely N-dealkylation sites (tertiary alicyclic amines) is 1. The van der Waals surface area contributed by atoms with Gasteiger partial charge in [-0.15, -0.1) is 0 Å². The number of aromatic nitrogens is 1. The lowest BCUT2D eigenvalue weighted by molar-refractivity contribution is -0.135. The molecule has 0 radical (unpaired) electrons. The van der Waals surface area contributed by atoms with Gasteiger partial charge < -0.3 is 10.2 Å². The Bertz CT molecular complexity index is 766. The van der Waals surface area contributed by atoms with Crippen molar-refractivity contribution >= 4 is 11.8 Å². The van der Waals surface area contributed by atoms with Crippen LogP contribution in [-0.2, 0) is 9.59 Å². The number of hydrogen-bond acceptors (Lipinski definition) is 3. The Morgan fingerprint density at radius 1 is 1.19 bits per heavy atom. The number of nitrogens with one attached hydrogen (secondary N) is 1. The van der Waals surface area contributed by atoms with E-state index in [-0.39, 0.29) is 29.2 Å². The molecule has 4 rings (SSSR count). The Balaban J connectivity index is 1.63. The first-order valence-corrected chi connectivity index (χ1v) is 9.79. The van der Waals surface area contributed by atoms with Crippen molar-refractivity contribution in [1.82, 2.24) is 14.8 Å². The van der Waals surface area contributed by atoms with Gasteiger partial charge in [-0.25, -0.2) is 0 Å². The molecule has 0 aromatic carbocycles. The molecule has 2 amide bonds. The van der Waals surface area contributed by atoms with Gasteiger partial charge in [0.1, 0.15) is 6.04 Å². The summed E-state index contributed by atoms with van der Waals surface area (Å²) in [6.07, 6.45) is 5.68. The predicted molar refractivity (Wildman–Crippen MR) is 97.8 cm³/mol. The average Bonchev–Trinajstić information content (AvgIpc) is 3.14. The Kier molecular flexibility index (Phi) is 4.59. The van der Waals surface area contributed by atoms with E-state index in [4.69, 9.17) is 0 Å². The molecule has 1 aliphatic carbocycles. The molecule has 0 spiro atoms. The van der Waals surface area contributed by atoms with Crippen LogP contribution in [0.3, 0.4) is 0 Å². The molecule has 3 aliphatic rings. The molecule has 1 saturated heterocycles. The minimum atomic E-state index is -0.515. The molecule has 0 unspecified atom stereocenters. The SMILES string of the molecule is CC(=O)N1C[C@H]2C[C@@H](C1)[C@H](C(=O)NCC1CCCC1)n1c2cccc1=O. The topological polar surface area (TPSA) is 71.4 Å². The van der Waals surface area contributed by atoms with Crippen molar-refractivity contribution in [2.75, 3.05) is 19.6 Å². The van der Waals surface area contributed by atoms with Crippen molar-refractivity contribution < 1.29 is 9.59 Å². The second-order valence-electron chi connectivity index (χ2n) is 8.12. The van der Waals surface area contributed by atoms with Gasteiger partial charge in [0, 0.05) is 50.2 Å². The molecule has 2 aliphatic heterocycles. The van der Waals surface area contributed by atoms with E-state index in [0.29, 0.717) is 25.6 Å². The zero-order chi connectivity index (χ0) is 18.3. The highest BCUT2D eigenvalue weighted by molar-refractivity contribution is 5.81. The molecule has 6 heteroatoms. The zero-order valence-electron chi connectivity index (χ0n) is 15.3. The highest BCUT2D eigenvalue weighted by Gasteiger charge is 2.44. The third kappa shape index (κ3) is 3.06. The van der Waals surface area contributed by atoms with E-state index in [0.717, 1.165) is 12.1 Å². The van der Waals surface area contributed by atoms with Gasteiger partial charge in [0.15, 0.2) is 0 Å². The summed E-state index contributed by atoms with van der Waals surface area (Å²) in [5.74, 6) is 0.651. The zero-order valence-corrected chi connectivity index (χ0v) is 15.3. The lowest BCUT2D eigenvalue weighted by atomic mass is 9.78. The van der Waals surface area contributed by atoms with Crippen LogP contribution in [0, 0.1) is 11.8 Å². The number of carbonyl (C=O) groups is 2. The van der Waals surface area contributed by atoms with Crippen molar-refractivity contribution in [3.8, 4) is 0 Å². The van der Waals surface area contributed by atoms with Gasteiger partial charge >= 0.3 is 0 Å². The molecule has 140 valence electrons. The lowest BCUT2D eigenvalue weighted by Crippen LogP contribution is -2.54. The first-order valence-electron chi connectivity index (χ1n) is 9.79. The monoisotopic (exact) mass is 357 g/mol. The number of hydrogen-bond donors (Lipinski definition) is 1. The van der Waals surface area contributed by atoms with Crippen LogP contribution >= 0.6 is 0 Å². The minimum Gasteiger partial charge on any atom is -0.354 e. The minimum absolute atomic E-state index is 0.00571. The van der Waals surface area contributed by atoms with Crippen molar-refractivity contribution in [2.45, 2.75) is 51.0 Å². The molecule has 1 aromatic heterocycles. The average molecular weight is 357 g/mol. The van der Waals surface area contributed by atoms with Crippen LogP contribution in [0.1, 0.15) is 56.7 Å². The maximum Gasteiger partial charge on any atom is 0.251 e. The first kappa shape index (κ1) is 17.3. The largest absolute Gasteiger partial charge is 0.354 e. The molecule has 6 nitrogen and oxygen atoms in total. The van der Waals surface area contributed by atoms with Gasteiger partial charge in [-0.1, -0.05) is 18.9 Å². The summed E-state index contributed by atoms with van der Waals surface area (Å²) in [7, 11) is 0. The van der Waals surface area contributed by atoms with Crippen LogP contribution in [-0.4, -0.2) is 40.9 Å². The van der Waals surface area contributed by atoms with Crippen molar-refractivity contribution in [2.24, 2.45) is 11.8 Å². The fourth-order valence-electron chi connectivity index (χ4n) is 5.09. The smallest absolute Gasteiger partial charge is 0.251 e. The maximum absolute atomic E-state index is 13.1. The fraction of sp³-hybridized carbons (Fsp3) is 0.650. The standard InChI is InChI=1S/C20H27N3O3/c1-13(24)22-11-15-9-16(12-22)19(23-17(15)7-4-8-18(23)25)20(26)21-10-14-5-2-3-6-14/h4,7-8,14-16,19H,2-3,5-6,9-12H2,1H3,(H,21,26)/t15-,16+,19-/m1/s1. The quantitative estimate of drug-likeness (QED) is 0.894. The van der Waals surface area contributed by atoms with E-state index >= 15 is 0 Å². The van der Waals surface area contributed by atoms with Gasteiger partial charge in [-0.3, -0.25) is 19.0 Å². The van der Waals surface area contributed by atoms with Crippen molar-refractivity contribution in [1.29, 1.82) is 0 Å². The molecule has 3 atom stereocenters. The van der Waals surface area contributed by atoms with Crippen LogP contribution in [0.25, 0.3) is 0 Å². The molecule has 3 heterocycles. The van der Waals surface area contributed by atoms with Crippen molar-refractivity contribution in [3.05, 3.63) is 34.2 Å². The molecule has 26 heavy (non-hydrogen) atoms. The van der Waals surface area contributed by atoms with Gasteiger partial charge in [-0.2, -0.15) is 0 Å². The summed E-state index contributed by atoms with van der Waals surface area (Å²) >= 11 is 0. The number of rotatable bonds is 3. The predicted octanol–water partition coefficient (Wildman–Crippen LogP) is 1.66. The van der Waals surface area contributed by atoms with E-state index in [9.17, 15) is 14.4 Å². The van der Waals surface area contributed by atoms with E-state index in [1.54, 1.807) is 17.6 Å². The first-order chi connectivity index (χ1) is 12.5. The van der Waals surface area contributed by atoms with E-state index in [2.05, 4.69) is 5.32 Å². The Labute approximate surface area is 153 Å². The highest BCUT2D eigenvalue weighted by Crippen LogP contribution is 2.41. The van der Waals surface area contributed by atoms with Crippen LogP contribution < -0.4 is 10.9 Å². The van der Waals surface area contributed by atoms with Gasteiger partial charge in [-0.05, 0) is 31.2 Å². The summed E-state index contributed by atoms with van der Waals surface area (Å²) < 4.78 is 1.69. The number of piperidine rings is 1. The van der Waals surface area contributed by atoms with E-state index < -0.39 is 6.04 Å². The summed E-state index contributed by atoms with van der Waals surface area (Å²) in [5, 5.41) is 3.11. The van der Waals surface area contributed by atoms with Crippen LogP contribution in [0.2, 0.25) is 0 Å². The second kappa shape index (κ2) is 6.89. The van der Waals surface area contributed by atoms with Crippen LogP contribution in [0.15, 0.2) is 23.0 Å². The molecule has 2 fully saturated rings. The van der Waals surface area contributed by atoms with Gasteiger partial charge in [0.05, 0.1) is 0 Å². The lowest BCUT2D eigenvalue weighted by Gasteiger charge is -2.46. The maximum atomic E-state index is 13.1. The van der Waals surface area contributed by atoms with E-state index in [1.807, 2.05) is 11.0 Å². The van der Waals surface area contributed by atoms with Crippen molar-refractivity contribution in [3.63, 3.8) is 0 Å². The van der Waals surface area contributed by atoms with Crippen LogP contribution in [0.4, 0.5) is 0 Å². The molecular weight excluding hydrogens is 330 g/mol. The Morgan fingerprint density at radius 3 is 2.69 bits per heavy atom. The number of pyridine rings is 1. The third-order valence-corrected chi connectivity index (χ3v) is 6.40. The number of carbonyl (C=O) groups excluding carboxylic acids is 2. The highest BCUT2D eigenvalue weighted by atomic mass is 16.2. The summed E-state index contributed by atoms with van der Waals surface area (Å²) in [6.45, 7) is 3.45. The normalized spacial score (nSPS) is 27.9. The number of amides is 2. The number of fused-ring (bicyclic) bond motifs is 4. The molecule has 1 aromatic rings. The summed E-state index contributed by atoms with van der Waals surface area (Å²) in [5.41, 5.74) is 0.773. The molecule has 2 bridgehead atoms. The second-order valence-corrected chi connectivity index (χ2v) is 8.12. The molecular formula is C20H27N3O3. The van der Waals surface area contributed by atoms with E-state index in [1.165, 1.54) is 31.7 Å². The van der Waals surface area contributed by atoms with Gasteiger partial charge in [0.2, 0.25) is 11.8 Å². The Morgan fingerprint density at radius 2 is 1.96 bits per heavy atom. The molecule has 1 N–H and O–H groups in total. The Hall–Kier alpha value is -2.11. The summed E-state index contributed by atoms with van der Waals surface area (Å²) in [6, 6.07) is 4.71. The van der Waals surface area contributed by atoms with Gasteiger partial charge in [0.25, 0.3) is 5.56 Å². The summed E-state index contributed by atoms with van der Waals surface area (Å²) in [4.78, 5) is 39.4.